The number of carbonyl (C=O) groups excluding carboxylic acids is 2. The predicted molar refractivity (Wildman–Crippen MR) is 335 cm³/mol. The summed E-state index contributed by atoms with van der Waals surface area (Å²) in [6, 6.07) is 0. The van der Waals surface area contributed by atoms with Crippen molar-refractivity contribution in [2.24, 2.45) is 11.8 Å². The maximum Gasteiger partial charge on any atom is 0.308 e. The lowest BCUT2D eigenvalue weighted by Crippen LogP contribution is -2.69. The first-order valence-electron chi connectivity index (χ1n) is 30.8. The molecule has 0 aromatic heterocycles. The fourth-order valence-corrected chi connectivity index (χ4v) is 16.3. The molecule has 82 heavy (non-hydrogen) atoms. The van der Waals surface area contributed by atoms with Crippen LogP contribution in [0.4, 0.5) is 0 Å². The van der Waals surface area contributed by atoms with Crippen LogP contribution in [0, 0.1) is 11.8 Å². The summed E-state index contributed by atoms with van der Waals surface area (Å²) >= 11 is 0. The molecule has 0 saturated carbocycles. The molecule has 0 bridgehead atoms. The van der Waals surface area contributed by atoms with E-state index in [2.05, 4.69) is 134 Å². The molecule has 5 heterocycles. The molecule has 5 rings (SSSR count). The molecule has 0 aliphatic carbocycles. The van der Waals surface area contributed by atoms with Crippen molar-refractivity contribution >= 4 is 53.6 Å². The SMILES string of the molecule is C=C=C(C)CC(C)CCC1OC(CCC(=O)/C=C/C(O[Si](C)(C)C(C)(C)C)C2OC3CCC(CC(=O)OC4C(CC(C)OC)OC5CC(P=O)C(CCP=O)OC5C4C)OC3C(O[Si](C)(C)C(C)(C)C)C2O[Si](C)(C)C(C)(C)C)CC1=C. The minimum absolute atomic E-state index is 0.00422. The van der Waals surface area contributed by atoms with Crippen LogP contribution in [0.15, 0.2) is 42.2 Å². The van der Waals surface area contributed by atoms with Crippen LogP contribution in [0.1, 0.15) is 167 Å². The van der Waals surface area contributed by atoms with E-state index in [1.54, 1.807) is 13.2 Å². The van der Waals surface area contributed by atoms with E-state index in [0.29, 0.717) is 57.0 Å². The Morgan fingerprint density at radius 1 is 0.780 bits per heavy atom. The molecule has 0 radical (unpaired) electrons. The van der Waals surface area contributed by atoms with Gasteiger partial charge in [-0.05, 0) is 149 Å². The van der Waals surface area contributed by atoms with Crippen molar-refractivity contribution in [1.82, 2.24) is 0 Å². The molecular weight excluding hydrogens is 1130 g/mol. The molecule has 5 aliphatic rings. The lowest BCUT2D eigenvalue weighted by atomic mass is 9.82. The van der Waals surface area contributed by atoms with Crippen molar-refractivity contribution in [2.45, 2.75) is 319 Å². The Morgan fingerprint density at radius 3 is 2.00 bits per heavy atom. The van der Waals surface area contributed by atoms with Crippen molar-refractivity contribution in [3.8, 4) is 0 Å². The van der Waals surface area contributed by atoms with Gasteiger partial charge in [0.25, 0.3) is 0 Å². The zero-order valence-corrected chi connectivity index (χ0v) is 59.1. The molecule has 0 spiro atoms. The summed E-state index contributed by atoms with van der Waals surface area (Å²) < 4.78 is 93.4. The van der Waals surface area contributed by atoms with Gasteiger partial charge in [0, 0.05) is 32.0 Å². The third kappa shape index (κ3) is 18.8. The van der Waals surface area contributed by atoms with Crippen LogP contribution in [-0.4, -0.2) is 147 Å². The van der Waals surface area contributed by atoms with Crippen LogP contribution in [0.2, 0.25) is 54.4 Å². The van der Waals surface area contributed by atoms with Crippen molar-refractivity contribution in [3.05, 3.63) is 42.2 Å². The first kappa shape index (κ1) is 71.4. The number of ether oxygens (including phenoxy) is 7. The maximum absolute atomic E-state index is 14.5. The highest BCUT2D eigenvalue weighted by molar-refractivity contribution is 7.25. The number of ketones is 1. The van der Waals surface area contributed by atoms with Gasteiger partial charge in [-0.15, -0.1) is 5.73 Å². The fraction of sp³-hybridized carbons (Fsp3) is 0.857. The second-order valence-corrected chi connectivity index (χ2v) is 45.3. The van der Waals surface area contributed by atoms with Gasteiger partial charge in [0.2, 0.25) is 0 Å². The summed E-state index contributed by atoms with van der Waals surface area (Å²) in [6.07, 6.45) is 4.47. The molecule has 14 nitrogen and oxygen atoms in total. The maximum atomic E-state index is 14.5. The smallest absolute Gasteiger partial charge is 0.308 e. The first-order valence-corrected chi connectivity index (χ1v) is 41.4. The van der Waals surface area contributed by atoms with Crippen molar-refractivity contribution < 1.29 is 65.2 Å². The number of hydrogen-bond acceptors (Lipinski definition) is 14. The third-order valence-corrected chi connectivity index (χ3v) is 34.5. The zero-order chi connectivity index (χ0) is 61.5. The van der Waals surface area contributed by atoms with E-state index in [4.69, 9.17) is 46.4 Å². The minimum Gasteiger partial charge on any atom is -0.459 e. The van der Waals surface area contributed by atoms with Crippen LogP contribution in [0.3, 0.4) is 0 Å². The number of fused-ring (bicyclic) bond motifs is 2. The van der Waals surface area contributed by atoms with Gasteiger partial charge in [-0.2, -0.15) is 0 Å². The lowest BCUT2D eigenvalue weighted by Gasteiger charge is -2.56. The molecule has 0 amide bonds. The summed E-state index contributed by atoms with van der Waals surface area (Å²) in [6.45, 7) is 50.1. The molecule has 5 saturated heterocycles. The highest BCUT2D eigenvalue weighted by Crippen LogP contribution is 2.48. The van der Waals surface area contributed by atoms with E-state index in [-0.39, 0.29) is 86.3 Å². The second-order valence-electron chi connectivity index (χ2n) is 29.5. The fourth-order valence-electron chi connectivity index (χ4n) is 11.5. The first-order chi connectivity index (χ1) is 38.0. The molecular formula is C63H110O14P2Si3. The van der Waals surface area contributed by atoms with Gasteiger partial charge in [0.15, 0.2) is 47.7 Å². The van der Waals surface area contributed by atoms with Gasteiger partial charge in [-0.25, -0.2) is 0 Å². The van der Waals surface area contributed by atoms with Crippen LogP contribution in [-0.2, 0) is 65.2 Å². The van der Waals surface area contributed by atoms with E-state index in [9.17, 15) is 18.7 Å². The topological polar surface area (TPSA) is 161 Å². The molecule has 18 atom stereocenters. The number of rotatable bonds is 27. The van der Waals surface area contributed by atoms with Crippen LogP contribution >= 0.6 is 16.9 Å². The highest BCUT2D eigenvalue weighted by Gasteiger charge is 2.59. The Hall–Kier alpha value is -1.37. The van der Waals surface area contributed by atoms with Crippen molar-refractivity contribution in [1.29, 1.82) is 0 Å². The van der Waals surface area contributed by atoms with E-state index in [1.165, 1.54) is 5.57 Å². The molecule has 18 unspecified atom stereocenters. The highest BCUT2D eigenvalue weighted by atomic mass is 31.1. The van der Waals surface area contributed by atoms with Gasteiger partial charge < -0.3 is 46.4 Å². The Labute approximate surface area is 502 Å². The zero-order valence-electron chi connectivity index (χ0n) is 54.3. The summed E-state index contributed by atoms with van der Waals surface area (Å²) in [4.78, 5) is 28.7. The Bertz CT molecular complexity index is 2230. The largest absolute Gasteiger partial charge is 0.459 e. The van der Waals surface area contributed by atoms with Gasteiger partial charge in [0.1, 0.15) is 30.5 Å². The average molecular weight is 1240 g/mol. The van der Waals surface area contributed by atoms with E-state index >= 15 is 0 Å². The molecule has 468 valence electrons. The summed E-state index contributed by atoms with van der Waals surface area (Å²) in [5.74, 6) is -0.179. The van der Waals surface area contributed by atoms with Crippen LogP contribution < -0.4 is 0 Å². The molecule has 5 fully saturated rings. The molecule has 0 aromatic carbocycles. The van der Waals surface area contributed by atoms with Gasteiger partial charge in [-0.3, -0.25) is 18.7 Å². The van der Waals surface area contributed by atoms with Crippen molar-refractivity contribution in [3.63, 3.8) is 0 Å². The minimum atomic E-state index is -2.62. The molecule has 0 N–H and O–H groups in total. The normalized spacial score (nSPS) is 32.7. The Balaban J connectivity index is 1.45. The van der Waals surface area contributed by atoms with Crippen LogP contribution in [0.5, 0.6) is 0 Å². The number of carbonyl (C=O) groups is 2. The van der Waals surface area contributed by atoms with E-state index < -0.39 is 92.0 Å². The molecule has 19 heteroatoms. The molecule has 0 aromatic rings. The Kier molecular flexibility index (Phi) is 25.9. The van der Waals surface area contributed by atoms with Crippen molar-refractivity contribution in [2.75, 3.05) is 13.3 Å². The van der Waals surface area contributed by atoms with E-state index in [1.807, 2.05) is 19.9 Å². The standard InChI is InChI=1S/C63H110O14P2Si3/c1-23-39(2)34-40(3)24-29-47-41(4)35-45(69-47)27-25-44(64)26-30-50(75-80(17,18)61(7,8)9)58-60(77-82(21,22)63(13,14)15)59(76-81(19,20)62(10,11)12)57-49(73-58)31-28-46(70-57)37-54(65)74-56-43(6)55-52(71-51(56)36-42(5)68-16)38-53(79-67)48(72-55)32-33-78-66/h26,30,40,42-43,45-53,55-60H,1,4,24-25,27-29,31-38H2,2-3,5-22H3/b30-26+. The summed E-state index contributed by atoms with van der Waals surface area (Å²) in [7, 11) is -6.16. The van der Waals surface area contributed by atoms with E-state index in [0.717, 1.165) is 31.3 Å². The summed E-state index contributed by atoms with van der Waals surface area (Å²) in [5.41, 5.74) is 5.00. The van der Waals surface area contributed by atoms with Crippen LogP contribution in [0.25, 0.3) is 0 Å². The predicted octanol–water partition coefficient (Wildman–Crippen LogP) is 15.3. The number of esters is 1. The summed E-state index contributed by atoms with van der Waals surface area (Å²) in [5, 5.41) is -0.548. The van der Waals surface area contributed by atoms with Gasteiger partial charge in [0.05, 0.1) is 73.1 Å². The molecule has 5 aliphatic heterocycles. The van der Waals surface area contributed by atoms with Gasteiger partial charge >= 0.3 is 5.97 Å². The Morgan fingerprint density at radius 2 is 1.41 bits per heavy atom. The lowest BCUT2D eigenvalue weighted by molar-refractivity contribution is -0.269. The quantitative estimate of drug-likeness (QED) is 0.0191. The monoisotopic (exact) mass is 1240 g/mol. The number of methoxy groups -OCH3 is 1. The second kappa shape index (κ2) is 29.8. The average Bonchev–Trinajstić information content (AvgIpc) is 3.27. The number of hydrogen-bond donors (Lipinski definition) is 0. The number of allylic oxidation sites excluding steroid dienone is 2. The third-order valence-electron chi connectivity index (χ3n) is 19.8. The van der Waals surface area contributed by atoms with Gasteiger partial charge in [-0.1, -0.05) is 95.4 Å².